The van der Waals surface area contributed by atoms with E-state index in [1.807, 2.05) is 67.5 Å². The second-order valence-electron chi connectivity index (χ2n) is 5.67. The number of aromatic nitrogens is 1. The molecular formula is C18H16N2O2S. The molecule has 1 N–H and O–H groups in total. The van der Waals surface area contributed by atoms with E-state index in [0.29, 0.717) is 11.3 Å². The van der Waals surface area contributed by atoms with Crippen molar-refractivity contribution in [3.05, 3.63) is 53.0 Å². The van der Waals surface area contributed by atoms with Gasteiger partial charge in [-0.2, -0.15) is 0 Å². The van der Waals surface area contributed by atoms with Crippen LogP contribution in [-0.2, 0) is 0 Å². The summed E-state index contributed by atoms with van der Waals surface area (Å²) in [5.74, 6) is 0.688. The lowest BCUT2D eigenvalue weighted by atomic mass is 10.1. The van der Waals surface area contributed by atoms with Gasteiger partial charge in [0.05, 0.1) is 15.8 Å². The van der Waals surface area contributed by atoms with Gasteiger partial charge in [0.25, 0.3) is 0 Å². The summed E-state index contributed by atoms with van der Waals surface area (Å²) in [5, 5.41) is 11.2. The first-order chi connectivity index (χ1) is 11.1. The summed E-state index contributed by atoms with van der Waals surface area (Å²) in [6.07, 6.45) is 0.959. The monoisotopic (exact) mass is 324 g/mol. The lowest BCUT2D eigenvalue weighted by Crippen LogP contribution is -2.21. The first kappa shape index (κ1) is 14.2. The highest BCUT2D eigenvalue weighted by atomic mass is 32.1. The van der Waals surface area contributed by atoms with Crippen LogP contribution < -0.4 is 9.64 Å². The second-order valence-corrected chi connectivity index (χ2v) is 6.70. The minimum Gasteiger partial charge on any atom is -0.460 e. The number of benzene rings is 2. The summed E-state index contributed by atoms with van der Waals surface area (Å²) in [5.41, 5.74) is 3.63. The number of anilines is 1. The van der Waals surface area contributed by atoms with Crippen molar-refractivity contribution in [2.45, 2.75) is 6.29 Å². The van der Waals surface area contributed by atoms with E-state index in [1.165, 1.54) is 0 Å². The van der Waals surface area contributed by atoms with E-state index in [2.05, 4.69) is 4.98 Å². The molecule has 0 fully saturated rings. The minimum atomic E-state index is -1.000. The molecule has 1 aromatic heterocycles. The van der Waals surface area contributed by atoms with Crippen molar-refractivity contribution in [3.63, 3.8) is 0 Å². The van der Waals surface area contributed by atoms with Gasteiger partial charge in [-0.05, 0) is 30.3 Å². The van der Waals surface area contributed by atoms with Crippen LogP contribution in [0.15, 0.2) is 42.5 Å². The van der Waals surface area contributed by atoms with Crippen LogP contribution >= 0.6 is 11.3 Å². The molecule has 5 heteroatoms. The summed E-state index contributed by atoms with van der Waals surface area (Å²) >= 11 is 1.56. The van der Waals surface area contributed by atoms with Crippen molar-refractivity contribution in [1.82, 2.24) is 4.98 Å². The third-order valence-corrected chi connectivity index (χ3v) is 4.96. The third kappa shape index (κ3) is 2.48. The average Bonchev–Trinajstić information content (AvgIpc) is 2.97. The average molecular weight is 324 g/mol. The van der Waals surface area contributed by atoms with Crippen molar-refractivity contribution in [1.29, 1.82) is 0 Å². The van der Waals surface area contributed by atoms with Crippen molar-refractivity contribution in [2.24, 2.45) is 0 Å². The number of nitrogens with zero attached hydrogens (tertiary/aromatic N) is 2. The first-order valence-electron chi connectivity index (χ1n) is 7.35. The van der Waals surface area contributed by atoms with E-state index in [4.69, 9.17) is 4.74 Å². The Morgan fingerprint density at radius 1 is 1.17 bits per heavy atom. The first-order valence-corrected chi connectivity index (χ1v) is 8.17. The van der Waals surface area contributed by atoms with Crippen LogP contribution in [-0.4, -0.2) is 30.5 Å². The molecule has 0 aliphatic carbocycles. The van der Waals surface area contributed by atoms with Crippen LogP contribution in [0.5, 0.6) is 5.75 Å². The number of aliphatic hydroxyl groups excluding tert-OH is 1. The van der Waals surface area contributed by atoms with E-state index in [-0.39, 0.29) is 0 Å². The molecule has 3 aromatic rings. The number of para-hydroxylation sites is 1. The van der Waals surface area contributed by atoms with E-state index >= 15 is 0 Å². The van der Waals surface area contributed by atoms with Crippen LogP contribution in [0.3, 0.4) is 0 Å². The molecule has 2 heterocycles. The predicted octanol–water partition coefficient (Wildman–Crippen LogP) is 3.61. The largest absolute Gasteiger partial charge is 0.460 e. The standard InChI is InChI=1S/C18H16N2O2S/c1-20(2)12-8-7-11-9-13(18(21)22-15(11)10-12)17-19-14-5-3-4-6-16(14)23-17/h3-10,18,21H,1-2H3. The van der Waals surface area contributed by atoms with Crippen LogP contribution in [0.4, 0.5) is 5.69 Å². The molecule has 1 aliphatic rings. The molecule has 4 nitrogen and oxygen atoms in total. The molecule has 23 heavy (non-hydrogen) atoms. The van der Waals surface area contributed by atoms with Gasteiger partial charge in [0.1, 0.15) is 10.8 Å². The normalized spacial score (nSPS) is 16.7. The summed E-state index contributed by atoms with van der Waals surface area (Å²) in [6.45, 7) is 0. The van der Waals surface area contributed by atoms with Gasteiger partial charge in [0, 0.05) is 31.4 Å². The molecule has 0 saturated carbocycles. The van der Waals surface area contributed by atoms with E-state index in [1.54, 1.807) is 11.3 Å². The van der Waals surface area contributed by atoms with Crippen molar-refractivity contribution < 1.29 is 9.84 Å². The van der Waals surface area contributed by atoms with Gasteiger partial charge in [0.15, 0.2) is 0 Å². The van der Waals surface area contributed by atoms with Crippen LogP contribution in [0.1, 0.15) is 10.6 Å². The summed E-state index contributed by atoms with van der Waals surface area (Å²) < 4.78 is 6.81. The number of hydrogen-bond donors (Lipinski definition) is 1. The van der Waals surface area contributed by atoms with Gasteiger partial charge < -0.3 is 14.7 Å². The van der Waals surface area contributed by atoms with Crippen molar-refractivity contribution in [3.8, 4) is 5.75 Å². The molecular weight excluding hydrogens is 308 g/mol. The number of thiazole rings is 1. The maximum Gasteiger partial charge on any atom is 0.227 e. The number of aliphatic hydroxyl groups is 1. The number of ether oxygens (including phenoxy) is 1. The molecule has 1 unspecified atom stereocenters. The van der Waals surface area contributed by atoms with Gasteiger partial charge in [-0.15, -0.1) is 11.3 Å². The zero-order valence-corrected chi connectivity index (χ0v) is 13.7. The number of fused-ring (bicyclic) bond motifs is 2. The van der Waals surface area contributed by atoms with Crippen molar-refractivity contribution in [2.75, 3.05) is 19.0 Å². The molecule has 4 rings (SSSR count). The minimum absolute atomic E-state index is 0.688. The van der Waals surface area contributed by atoms with Gasteiger partial charge in [-0.1, -0.05) is 12.1 Å². The Kier molecular flexibility index (Phi) is 3.32. The number of rotatable bonds is 2. The molecule has 2 aromatic carbocycles. The van der Waals surface area contributed by atoms with Crippen LogP contribution in [0, 0.1) is 0 Å². The van der Waals surface area contributed by atoms with Gasteiger partial charge in [-0.3, -0.25) is 0 Å². The zero-order valence-electron chi connectivity index (χ0n) is 12.9. The molecule has 1 atom stereocenters. The zero-order chi connectivity index (χ0) is 16.0. The summed E-state index contributed by atoms with van der Waals surface area (Å²) in [7, 11) is 3.95. The van der Waals surface area contributed by atoms with Gasteiger partial charge in [-0.25, -0.2) is 4.98 Å². The molecule has 1 aliphatic heterocycles. The van der Waals surface area contributed by atoms with E-state index in [0.717, 1.165) is 26.5 Å². The maximum atomic E-state index is 10.4. The summed E-state index contributed by atoms with van der Waals surface area (Å²) in [6, 6.07) is 13.9. The van der Waals surface area contributed by atoms with Gasteiger partial charge in [0.2, 0.25) is 6.29 Å². The fraction of sp³-hybridized carbons (Fsp3) is 0.167. The maximum absolute atomic E-state index is 10.4. The third-order valence-electron chi connectivity index (χ3n) is 3.87. The van der Waals surface area contributed by atoms with Crippen molar-refractivity contribution >= 4 is 38.9 Å². The highest BCUT2D eigenvalue weighted by Crippen LogP contribution is 2.37. The summed E-state index contributed by atoms with van der Waals surface area (Å²) in [4.78, 5) is 6.61. The Balaban J connectivity index is 1.79. The van der Waals surface area contributed by atoms with E-state index in [9.17, 15) is 5.11 Å². The Morgan fingerprint density at radius 2 is 2.00 bits per heavy atom. The lowest BCUT2D eigenvalue weighted by Gasteiger charge is -2.24. The lowest BCUT2D eigenvalue weighted by molar-refractivity contribution is 0.0320. The quantitative estimate of drug-likeness (QED) is 0.782. The Morgan fingerprint density at radius 3 is 2.78 bits per heavy atom. The Hall–Kier alpha value is -2.37. The second kappa shape index (κ2) is 5.37. The molecule has 0 saturated heterocycles. The predicted molar refractivity (Wildman–Crippen MR) is 94.9 cm³/mol. The van der Waals surface area contributed by atoms with E-state index < -0.39 is 6.29 Å². The Bertz CT molecular complexity index is 881. The van der Waals surface area contributed by atoms with Crippen LogP contribution in [0.25, 0.3) is 21.9 Å². The highest BCUT2D eigenvalue weighted by molar-refractivity contribution is 7.19. The van der Waals surface area contributed by atoms with Crippen LogP contribution in [0.2, 0.25) is 0 Å². The fourth-order valence-corrected chi connectivity index (χ4v) is 3.60. The smallest absolute Gasteiger partial charge is 0.227 e. The molecule has 0 amide bonds. The fourth-order valence-electron chi connectivity index (χ4n) is 2.61. The number of hydrogen-bond acceptors (Lipinski definition) is 5. The topological polar surface area (TPSA) is 45.6 Å². The highest BCUT2D eigenvalue weighted by Gasteiger charge is 2.24. The SMILES string of the molecule is CN(C)c1ccc2c(c1)OC(O)C(c1nc3ccccc3s1)=C2. The molecule has 0 bridgehead atoms. The van der Waals surface area contributed by atoms with Gasteiger partial charge >= 0.3 is 0 Å². The Labute approximate surface area is 138 Å². The molecule has 0 spiro atoms. The molecule has 116 valence electrons. The molecule has 0 radical (unpaired) electrons.